The van der Waals surface area contributed by atoms with Crippen LogP contribution in [0.5, 0.6) is 0 Å². The van der Waals surface area contributed by atoms with Crippen molar-refractivity contribution in [1.82, 2.24) is 0 Å². The number of H-pyrrole nitrogens is 1. The van der Waals surface area contributed by atoms with Crippen LogP contribution in [0, 0.1) is 0 Å². The van der Waals surface area contributed by atoms with Crippen LogP contribution in [-0.4, -0.2) is 23.1 Å². The third-order valence-electron chi connectivity index (χ3n) is 0.607. The molecular weight excluding hydrogens is 134 g/mol. The molecule has 0 aliphatic carbocycles. The Hall–Kier alpha value is 0.206. The summed E-state index contributed by atoms with van der Waals surface area (Å²) in [4.78, 5) is 2.89. The van der Waals surface area contributed by atoms with Crippen molar-refractivity contribution >= 4 is 23.1 Å². The molecule has 0 aliphatic heterocycles. The largest absolute Gasteiger partial charge is 2.00 e. The zero-order chi connectivity index (χ0) is 4.24. The molecule has 1 nitrogen and oxygen atoms in total. The number of rotatable bonds is 0. The molecular formula is C5H6ClMgN+2. The third kappa shape index (κ3) is 4.37. The van der Waals surface area contributed by atoms with Crippen molar-refractivity contribution in [2.45, 2.75) is 0 Å². The van der Waals surface area contributed by atoms with E-state index in [1.54, 1.807) is 0 Å². The molecule has 0 amide bonds. The van der Waals surface area contributed by atoms with Gasteiger partial charge in [-0.2, -0.15) is 0 Å². The van der Waals surface area contributed by atoms with E-state index in [0.717, 1.165) is 0 Å². The fourth-order valence-electron chi connectivity index (χ4n) is 0.342. The first-order chi connectivity index (χ1) is 3.00. The molecule has 0 bridgehead atoms. The molecule has 0 fully saturated rings. The first kappa shape index (κ1) is 11.1. The summed E-state index contributed by atoms with van der Waals surface area (Å²) in [5.74, 6) is 0. The average Bonchev–Trinajstić information content (AvgIpc) is 1.72. The van der Waals surface area contributed by atoms with Crippen LogP contribution in [0.3, 0.4) is 0 Å². The van der Waals surface area contributed by atoms with Gasteiger partial charge in [0.1, 0.15) is 0 Å². The van der Waals surface area contributed by atoms with Gasteiger partial charge in [0.15, 0.2) is 12.4 Å². The molecule has 0 saturated heterocycles. The Kier molecular flexibility index (Phi) is 9.97. The van der Waals surface area contributed by atoms with Crippen LogP contribution in [0.4, 0.5) is 0 Å². The van der Waals surface area contributed by atoms with Crippen molar-refractivity contribution in [1.29, 1.82) is 0 Å². The number of hydrogen-bond acceptors (Lipinski definition) is 0. The number of pyridine rings is 1. The van der Waals surface area contributed by atoms with Crippen LogP contribution in [0.15, 0.2) is 30.6 Å². The summed E-state index contributed by atoms with van der Waals surface area (Å²) < 4.78 is 0. The molecule has 0 radical (unpaired) electrons. The van der Waals surface area contributed by atoms with E-state index in [2.05, 4.69) is 4.98 Å². The van der Waals surface area contributed by atoms with Crippen molar-refractivity contribution in [3.63, 3.8) is 0 Å². The molecule has 1 rings (SSSR count). The standard InChI is InChI=1S/C5H5N.ClH.Mg/c1-2-4-6-5-3-1;;/h1-5H;1H;/q;;+2. The second-order valence-electron chi connectivity index (χ2n) is 1.08. The molecule has 0 aromatic carbocycles. The first-order valence-electron chi connectivity index (χ1n) is 1.91. The predicted molar refractivity (Wildman–Crippen MR) is 28.8 cm³/mol. The van der Waals surface area contributed by atoms with E-state index in [1.807, 2.05) is 30.6 Å². The SMILES string of the molecule is [Cl-].[Mg+2].c1cc[nH+]cc1. The van der Waals surface area contributed by atoms with Crippen LogP contribution in [0.1, 0.15) is 0 Å². The van der Waals surface area contributed by atoms with Gasteiger partial charge in [0.05, 0.1) is 0 Å². The van der Waals surface area contributed by atoms with Crippen LogP contribution < -0.4 is 17.4 Å². The van der Waals surface area contributed by atoms with Crippen molar-refractivity contribution in [3.8, 4) is 0 Å². The summed E-state index contributed by atoms with van der Waals surface area (Å²) in [6.07, 6.45) is 3.75. The van der Waals surface area contributed by atoms with Crippen molar-refractivity contribution in [2.75, 3.05) is 0 Å². The summed E-state index contributed by atoms with van der Waals surface area (Å²) in [6.45, 7) is 0. The summed E-state index contributed by atoms with van der Waals surface area (Å²) in [5.41, 5.74) is 0. The number of nitrogens with one attached hydrogen (secondary N) is 1. The topological polar surface area (TPSA) is 14.1 Å². The van der Waals surface area contributed by atoms with Gasteiger partial charge in [-0.15, -0.1) is 0 Å². The number of hydrogen-bond donors (Lipinski definition) is 0. The van der Waals surface area contributed by atoms with Gasteiger partial charge in [-0.25, -0.2) is 4.98 Å². The summed E-state index contributed by atoms with van der Waals surface area (Å²) in [6, 6.07) is 5.86. The minimum atomic E-state index is 0. The second kappa shape index (κ2) is 7.21. The van der Waals surface area contributed by atoms with E-state index in [4.69, 9.17) is 0 Å². The van der Waals surface area contributed by atoms with E-state index in [-0.39, 0.29) is 35.5 Å². The fraction of sp³-hybridized carbons (Fsp3) is 0. The predicted octanol–water partition coefficient (Wildman–Crippen LogP) is -2.88. The Labute approximate surface area is 71.1 Å². The van der Waals surface area contributed by atoms with Gasteiger partial charge < -0.3 is 12.4 Å². The summed E-state index contributed by atoms with van der Waals surface area (Å²) in [5, 5.41) is 0. The van der Waals surface area contributed by atoms with Gasteiger partial charge in [0.25, 0.3) is 0 Å². The average molecular weight is 140 g/mol. The maximum absolute atomic E-state index is 2.89. The number of aromatic nitrogens is 1. The molecule has 0 atom stereocenters. The van der Waals surface area contributed by atoms with Crippen molar-refractivity contribution < 1.29 is 17.4 Å². The molecule has 1 heterocycles. The molecule has 3 heteroatoms. The van der Waals surface area contributed by atoms with Crippen molar-refractivity contribution in [3.05, 3.63) is 30.6 Å². The summed E-state index contributed by atoms with van der Waals surface area (Å²) in [7, 11) is 0. The maximum atomic E-state index is 2.89. The zero-order valence-corrected chi connectivity index (χ0v) is 6.64. The van der Waals surface area contributed by atoms with Gasteiger partial charge >= 0.3 is 23.1 Å². The third-order valence-corrected chi connectivity index (χ3v) is 0.607. The second-order valence-corrected chi connectivity index (χ2v) is 1.08. The fourth-order valence-corrected chi connectivity index (χ4v) is 0.342. The van der Waals surface area contributed by atoms with Gasteiger partial charge in [-0.05, 0) is 0 Å². The van der Waals surface area contributed by atoms with Crippen molar-refractivity contribution in [2.24, 2.45) is 0 Å². The Morgan fingerprint density at radius 3 is 1.50 bits per heavy atom. The van der Waals surface area contributed by atoms with E-state index >= 15 is 0 Å². The number of aromatic amines is 1. The van der Waals surface area contributed by atoms with Gasteiger partial charge in [-0.1, -0.05) is 6.07 Å². The van der Waals surface area contributed by atoms with Crippen LogP contribution in [-0.2, 0) is 0 Å². The van der Waals surface area contributed by atoms with Crippen LogP contribution in [0.25, 0.3) is 0 Å². The Balaban J connectivity index is 0. The summed E-state index contributed by atoms with van der Waals surface area (Å²) >= 11 is 0. The Bertz CT molecular complexity index is 84.4. The van der Waals surface area contributed by atoms with Gasteiger partial charge in [0, 0.05) is 12.1 Å². The quantitative estimate of drug-likeness (QED) is 0.344. The molecule has 8 heavy (non-hydrogen) atoms. The minimum Gasteiger partial charge on any atom is -1.00 e. The van der Waals surface area contributed by atoms with Crippen LogP contribution >= 0.6 is 0 Å². The molecule has 1 aromatic rings. The van der Waals surface area contributed by atoms with Gasteiger partial charge in [0.2, 0.25) is 0 Å². The molecule has 0 spiro atoms. The molecule has 0 saturated carbocycles. The van der Waals surface area contributed by atoms with E-state index in [1.165, 1.54) is 0 Å². The maximum Gasteiger partial charge on any atom is 2.00 e. The molecule has 38 valence electrons. The minimum absolute atomic E-state index is 0. The first-order valence-corrected chi connectivity index (χ1v) is 1.91. The monoisotopic (exact) mass is 139 g/mol. The molecule has 1 N–H and O–H groups in total. The number of halogens is 1. The Morgan fingerprint density at radius 2 is 1.38 bits per heavy atom. The normalized spacial score (nSPS) is 6.00. The van der Waals surface area contributed by atoms with Gasteiger partial charge in [-0.3, -0.25) is 0 Å². The smallest absolute Gasteiger partial charge is 1.00 e. The molecule has 0 aliphatic rings. The van der Waals surface area contributed by atoms with E-state index < -0.39 is 0 Å². The molecule has 1 aromatic heterocycles. The Morgan fingerprint density at radius 1 is 0.875 bits per heavy atom. The van der Waals surface area contributed by atoms with E-state index in [0.29, 0.717) is 0 Å². The van der Waals surface area contributed by atoms with Crippen LogP contribution in [0.2, 0.25) is 0 Å². The van der Waals surface area contributed by atoms with E-state index in [9.17, 15) is 0 Å². The zero-order valence-electron chi connectivity index (χ0n) is 4.47. The molecule has 0 unspecified atom stereocenters.